The van der Waals surface area contributed by atoms with Gasteiger partial charge in [-0.05, 0) is 110 Å². The van der Waals surface area contributed by atoms with Crippen LogP contribution in [-0.4, -0.2) is 12.2 Å². The van der Waals surface area contributed by atoms with Gasteiger partial charge in [0.05, 0.1) is 10.2 Å². The van der Waals surface area contributed by atoms with E-state index in [1.165, 1.54) is 32.1 Å². The lowest BCUT2D eigenvalue weighted by Gasteiger charge is -2.59. The topological polar surface area (TPSA) is 18.5 Å². The van der Waals surface area contributed by atoms with Gasteiger partial charge in [0.25, 0.3) is 0 Å². The molecule has 0 heterocycles. The van der Waals surface area contributed by atoms with E-state index in [4.69, 9.17) is 9.47 Å². The molecule has 4 aliphatic rings. The van der Waals surface area contributed by atoms with E-state index in [1.54, 1.807) is 0 Å². The number of hydrogen-bond donors (Lipinski definition) is 0. The zero-order chi connectivity index (χ0) is 16.9. The van der Waals surface area contributed by atoms with Crippen LogP contribution in [0.3, 0.4) is 0 Å². The quantitative estimate of drug-likeness (QED) is 0.531. The van der Waals surface area contributed by atoms with E-state index < -0.39 is 0 Å². The molecule has 0 atom stereocenters. The molecule has 0 saturated heterocycles. The Morgan fingerprint density at radius 3 is 2.33 bits per heavy atom. The summed E-state index contributed by atoms with van der Waals surface area (Å²) in [5, 5.41) is 0. The van der Waals surface area contributed by atoms with Gasteiger partial charge >= 0.3 is 0 Å². The van der Waals surface area contributed by atoms with Crippen LogP contribution in [0, 0.1) is 27.2 Å². The SMILES string of the molecule is C=Cc1cc(I)c(OC2(C)C3CC4CC(C3)CC2C4)c(OCC)c1. The molecule has 1 aromatic rings. The summed E-state index contributed by atoms with van der Waals surface area (Å²) in [5.74, 6) is 5.14. The summed E-state index contributed by atoms with van der Waals surface area (Å²) >= 11 is 2.38. The van der Waals surface area contributed by atoms with E-state index in [1.807, 2.05) is 13.0 Å². The van der Waals surface area contributed by atoms with Crippen molar-refractivity contribution in [1.29, 1.82) is 0 Å². The van der Waals surface area contributed by atoms with Crippen molar-refractivity contribution in [1.82, 2.24) is 0 Å². The van der Waals surface area contributed by atoms with Gasteiger partial charge in [-0.15, -0.1) is 0 Å². The molecular formula is C21H27IO2. The van der Waals surface area contributed by atoms with Crippen molar-refractivity contribution in [2.45, 2.75) is 51.6 Å². The molecule has 0 aliphatic heterocycles. The number of ether oxygens (including phenoxy) is 2. The van der Waals surface area contributed by atoms with Crippen molar-refractivity contribution in [3.63, 3.8) is 0 Å². The molecule has 0 N–H and O–H groups in total. The van der Waals surface area contributed by atoms with E-state index in [0.29, 0.717) is 18.4 Å². The Morgan fingerprint density at radius 1 is 1.17 bits per heavy atom. The smallest absolute Gasteiger partial charge is 0.175 e. The van der Waals surface area contributed by atoms with Crippen LogP contribution in [0.2, 0.25) is 0 Å². The van der Waals surface area contributed by atoms with Gasteiger partial charge in [-0.2, -0.15) is 0 Å². The highest BCUT2D eigenvalue weighted by molar-refractivity contribution is 14.1. The standard InChI is InChI=1S/C21H27IO2/c1-4-13-11-18(22)20(19(12-13)23-5-2)24-21(3)16-7-14-6-15(9-16)10-17(21)8-14/h4,11-12,14-17H,1,5-10H2,2-3H3. The number of rotatable bonds is 5. The Morgan fingerprint density at radius 2 is 1.79 bits per heavy atom. The Balaban J connectivity index is 1.68. The van der Waals surface area contributed by atoms with E-state index in [-0.39, 0.29) is 5.60 Å². The molecule has 5 rings (SSSR count). The molecule has 0 amide bonds. The first-order valence-corrected chi connectivity index (χ1v) is 10.4. The van der Waals surface area contributed by atoms with Gasteiger partial charge in [-0.3, -0.25) is 0 Å². The average molecular weight is 438 g/mol. The third-order valence-corrected chi connectivity index (χ3v) is 7.45. The van der Waals surface area contributed by atoms with Crippen LogP contribution < -0.4 is 9.47 Å². The fourth-order valence-electron chi connectivity index (χ4n) is 5.57. The summed E-state index contributed by atoms with van der Waals surface area (Å²) in [6.07, 6.45) is 8.77. The van der Waals surface area contributed by atoms with Crippen LogP contribution in [0.4, 0.5) is 0 Å². The number of halogens is 1. The van der Waals surface area contributed by atoms with E-state index in [9.17, 15) is 0 Å². The molecule has 130 valence electrons. The lowest BCUT2D eigenvalue weighted by Crippen LogP contribution is -2.59. The predicted octanol–water partition coefficient (Wildman–Crippen LogP) is 5.93. The number of hydrogen-bond acceptors (Lipinski definition) is 2. The first-order valence-electron chi connectivity index (χ1n) is 9.31. The van der Waals surface area contributed by atoms with Gasteiger partial charge in [0, 0.05) is 0 Å². The number of benzene rings is 1. The van der Waals surface area contributed by atoms with E-state index in [0.717, 1.165) is 32.5 Å². The molecule has 1 aromatic carbocycles. The average Bonchev–Trinajstić information content (AvgIpc) is 2.55. The summed E-state index contributed by atoms with van der Waals surface area (Å²) < 4.78 is 13.9. The summed E-state index contributed by atoms with van der Waals surface area (Å²) in [4.78, 5) is 0. The van der Waals surface area contributed by atoms with Crippen molar-refractivity contribution in [2.75, 3.05) is 6.61 Å². The zero-order valence-corrected chi connectivity index (χ0v) is 16.8. The first-order chi connectivity index (χ1) is 11.5. The monoisotopic (exact) mass is 438 g/mol. The molecule has 4 bridgehead atoms. The van der Waals surface area contributed by atoms with Crippen molar-refractivity contribution < 1.29 is 9.47 Å². The first kappa shape index (κ1) is 16.7. The van der Waals surface area contributed by atoms with Crippen molar-refractivity contribution in [3.8, 4) is 11.5 Å². The van der Waals surface area contributed by atoms with Gasteiger partial charge in [-0.25, -0.2) is 0 Å². The molecule has 4 aliphatic carbocycles. The molecule has 24 heavy (non-hydrogen) atoms. The van der Waals surface area contributed by atoms with Crippen molar-refractivity contribution in [3.05, 3.63) is 27.8 Å². The molecule has 0 unspecified atom stereocenters. The molecule has 4 saturated carbocycles. The molecule has 2 nitrogen and oxygen atoms in total. The second-order valence-electron chi connectivity index (χ2n) is 8.06. The lowest BCUT2D eigenvalue weighted by atomic mass is 9.50. The van der Waals surface area contributed by atoms with Crippen LogP contribution in [0.25, 0.3) is 6.08 Å². The maximum atomic E-state index is 6.83. The molecule has 0 radical (unpaired) electrons. The third-order valence-electron chi connectivity index (χ3n) is 6.65. The summed E-state index contributed by atoms with van der Waals surface area (Å²) in [5.41, 5.74) is 1.06. The van der Waals surface area contributed by atoms with Gasteiger partial charge in [0.15, 0.2) is 11.5 Å². The van der Waals surface area contributed by atoms with Crippen LogP contribution in [0.15, 0.2) is 18.7 Å². The molecular weight excluding hydrogens is 411 g/mol. The summed E-state index contributed by atoms with van der Waals surface area (Å²) in [6, 6.07) is 4.21. The largest absolute Gasteiger partial charge is 0.490 e. The second-order valence-corrected chi connectivity index (χ2v) is 9.22. The van der Waals surface area contributed by atoms with E-state index in [2.05, 4.69) is 48.2 Å². The highest BCUT2D eigenvalue weighted by atomic mass is 127. The minimum Gasteiger partial charge on any atom is -0.490 e. The minimum atomic E-state index is -0.0328. The van der Waals surface area contributed by atoms with Crippen LogP contribution in [0.5, 0.6) is 11.5 Å². The maximum absolute atomic E-state index is 6.83. The van der Waals surface area contributed by atoms with Crippen molar-refractivity contribution >= 4 is 28.7 Å². The second kappa shape index (κ2) is 6.22. The predicted molar refractivity (Wildman–Crippen MR) is 106 cm³/mol. The van der Waals surface area contributed by atoms with Crippen molar-refractivity contribution in [2.24, 2.45) is 23.7 Å². The third kappa shape index (κ3) is 2.67. The molecule has 0 spiro atoms. The van der Waals surface area contributed by atoms with Gasteiger partial charge < -0.3 is 9.47 Å². The highest BCUT2D eigenvalue weighted by Gasteiger charge is 2.56. The highest BCUT2D eigenvalue weighted by Crippen LogP contribution is 2.60. The summed E-state index contributed by atoms with van der Waals surface area (Å²) in [6.45, 7) is 8.94. The Labute approximate surface area is 159 Å². The normalized spacial score (nSPS) is 36.6. The minimum absolute atomic E-state index is 0.0328. The van der Waals surface area contributed by atoms with E-state index >= 15 is 0 Å². The molecule has 3 heteroatoms. The van der Waals surface area contributed by atoms with Crippen LogP contribution in [-0.2, 0) is 0 Å². The lowest BCUT2D eigenvalue weighted by molar-refractivity contribution is -0.146. The fraction of sp³-hybridized carbons (Fsp3) is 0.619. The zero-order valence-electron chi connectivity index (χ0n) is 14.7. The van der Waals surface area contributed by atoms with Gasteiger partial charge in [-0.1, -0.05) is 12.7 Å². The maximum Gasteiger partial charge on any atom is 0.175 e. The Bertz CT molecular complexity index is 623. The van der Waals surface area contributed by atoms with Crippen LogP contribution in [0.1, 0.15) is 51.5 Å². The molecule has 0 aromatic heterocycles. The van der Waals surface area contributed by atoms with Crippen LogP contribution >= 0.6 is 22.6 Å². The summed E-state index contributed by atoms with van der Waals surface area (Å²) in [7, 11) is 0. The molecule has 4 fully saturated rings. The van der Waals surface area contributed by atoms with Gasteiger partial charge in [0.1, 0.15) is 5.60 Å². The Kier molecular flexibility index (Phi) is 4.34. The van der Waals surface area contributed by atoms with Gasteiger partial charge in [0.2, 0.25) is 0 Å². The Hall–Kier alpha value is -0.710. The fourth-order valence-corrected chi connectivity index (χ4v) is 6.31.